The van der Waals surface area contributed by atoms with Crippen molar-refractivity contribution in [2.24, 2.45) is 0 Å². The van der Waals surface area contributed by atoms with Gasteiger partial charge in [-0.25, -0.2) is 0 Å². The van der Waals surface area contributed by atoms with E-state index in [0.29, 0.717) is 0 Å². The van der Waals surface area contributed by atoms with E-state index in [1.807, 2.05) is 30.3 Å². The summed E-state index contributed by atoms with van der Waals surface area (Å²) in [6.45, 7) is 2.12. The maximum Gasteiger partial charge on any atom is 0.131 e. The Bertz CT molecular complexity index is 573. The Morgan fingerprint density at radius 2 is 2.00 bits per heavy atom. The van der Waals surface area contributed by atoms with Gasteiger partial charge in [-0.2, -0.15) is 0 Å². The Hall–Kier alpha value is -1.96. The van der Waals surface area contributed by atoms with Gasteiger partial charge in [0.15, 0.2) is 0 Å². The zero-order valence-electron chi connectivity index (χ0n) is 9.99. The molecule has 0 spiro atoms. The molecule has 0 fully saturated rings. The predicted molar refractivity (Wildman–Crippen MR) is 67.1 cm³/mol. The molecule has 1 heterocycles. The molecule has 0 unspecified atom stereocenters. The van der Waals surface area contributed by atoms with Gasteiger partial charge in [0.25, 0.3) is 0 Å². The highest BCUT2D eigenvalue weighted by molar-refractivity contribution is 5.53. The summed E-state index contributed by atoms with van der Waals surface area (Å²) >= 11 is 0. The molecule has 0 N–H and O–H groups in total. The van der Waals surface area contributed by atoms with Crippen molar-refractivity contribution in [2.75, 3.05) is 7.11 Å². The van der Waals surface area contributed by atoms with E-state index < -0.39 is 0 Å². The van der Waals surface area contributed by atoms with Crippen LogP contribution in [-0.2, 0) is 6.42 Å². The number of ether oxygens (including phenoxy) is 2. The third-order valence-corrected chi connectivity index (χ3v) is 3.22. The highest BCUT2D eigenvalue weighted by atomic mass is 16.5. The van der Waals surface area contributed by atoms with Crippen LogP contribution in [0.25, 0.3) is 0 Å². The first-order valence-electron chi connectivity index (χ1n) is 5.71. The van der Waals surface area contributed by atoms with Crippen molar-refractivity contribution in [1.82, 2.24) is 0 Å². The average molecular weight is 226 g/mol. The van der Waals surface area contributed by atoms with Crippen LogP contribution in [0.4, 0.5) is 0 Å². The van der Waals surface area contributed by atoms with Crippen molar-refractivity contribution in [3.63, 3.8) is 0 Å². The smallest absolute Gasteiger partial charge is 0.131 e. The Labute approximate surface area is 101 Å². The fraction of sp³-hybridized carbons (Fsp3) is 0.200. The van der Waals surface area contributed by atoms with Crippen LogP contribution in [0, 0.1) is 6.92 Å². The number of fused-ring (bicyclic) bond motifs is 2. The van der Waals surface area contributed by atoms with Crippen LogP contribution in [0.5, 0.6) is 17.2 Å². The van der Waals surface area contributed by atoms with Crippen LogP contribution in [0.15, 0.2) is 36.4 Å². The maximum atomic E-state index is 5.90. The molecule has 0 amide bonds. The molecule has 2 heteroatoms. The van der Waals surface area contributed by atoms with Gasteiger partial charge >= 0.3 is 0 Å². The summed E-state index contributed by atoms with van der Waals surface area (Å²) in [5.74, 6) is 2.79. The summed E-state index contributed by atoms with van der Waals surface area (Å²) in [6.07, 6.45) is 0.911. The Balaban J connectivity index is 2.08. The standard InChI is InChI=1S/C15H14O2/c1-10-4-3-5-15-13(10)9-11-8-12(16-2)6-7-14(11)17-15/h3-8H,9H2,1-2H3. The van der Waals surface area contributed by atoms with E-state index >= 15 is 0 Å². The lowest BCUT2D eigenvalue weighted by molar-refractivity contribution is 0.410. The van der Waals surface area contributed by atoms with E-state index in [9.17, 15) is 0 Å². The van der Waals surface area contributed by atoms with Crippen molar-refractivity contribution < 1.29 is 9.47 Å². The van der Waals surface area contributed by atoms with Gasteiger partial charge in [-0.3, -0.25) is 0 Å². The molecular formula is C15H14O2. The first kappa shape index (κ1) is 10.2. The largest absolute Gasteiger partial charge is 0.497 e. The number of methoxy groups -OCH3 is 1. The zero-order valence-corrected chi connectivity index (χ0v) is 9.99. The van der Waals surface area contributed by atoms with Gasteiger partial charge in [0.2, 0.25) is 0 Å². The van der Waals surface area contributed by atoms with Crippen molar-refractivity contribution in [2.45, 2.75) is 13.3 Å². The van der Waals surface area contributed by atoms with E-state index in [-0.39, 0.29) is 0 Å². The van der Waals surface area contributed by atoms with Crippen LogP contribution in [0.1, 0.15) is 16.7 Å². The molecule has 3 rings (SSSR count). The second kappa shape index (κ2) is 3.81. The monoisotopic (exact) mass is 226 g/mol. The molecule has 17 heavy (non-hydrogen) atoms. The average Bonchev–Trinajstić information content (AvgIpc) is 2.37. The molecular weight excluding hydrogens is 212 g/mol. The van der Waals surface area contributed by atoms with Crippen molar-refractivity contribution >= 4 is 0 Å². The van der Waals surface area contributed by atoms with Crippen molar-refractivity contribution in [1.29, 1.82) is 0 Å². The Kier molecular flexibility index (Phi) is 2.29. The fourth-order valence-electron chi connectivity index (χ4n) is 2.23. The highest BCUT2D eigenvalue weighted by Crippen LogP contribution is 2.39. The third-order valence-electron chi connectivity index (χ3n) is 3.22. The van der Waals surface area contributed by atoms with Gasteiger partial charge in [-0.05, 0) is 36.8 Å². The van der Waals surface area contributed by atoms with Gasteiger partial charge in [0, 0.05) is 17.5 Å². The lowest BCUT2D eigenvalue weighted by atomic mass is 9.96. The fourth-order valence-corrected chi connectivity index (χ4v) is 2.23. The van der Waals surface area contributed by atoms with Crippen LogP contribution >= 0.6 is 0 Å². The zero-order chi connectivity index (χ0) is 11.8. The first-order chi connectivity index (χ1) is 8.28. The third kappa shape index (κ3) is 1.66. The second-order valence-corrected chi connectivity index (χ2v) is 4.30. The van der Waals surface area contributed by atoms with Crippen LogP contribution in [0.3, 0.4) is 0 Å². The van der Waals surface area contributed by atoms with Gasteiger partial charge in [0.05, 0.1) is 7.11 Å². The van der Waals surface area contributed by atoms with E-state index in [1.54, 1.807) is 7.11 Å². The number of aryl methyl sites for hydroxylation is 1. The molecule has 2 aromatic rings. The van der Waals surface area contributed by atoms with Crippen molar-refractivity contribution in [3.8, 4) is 17.2 Å². The van der Waals surface area contributed by atoms with Gasteiger partial charge in [-0.15, -0.1) is 0 Å². The van der Waals surface area contributed by atoms with Crippen molar-refractivity contribution in [3.05, 3.63) is 53.1 Å². The molecule has 1 aliphatic heterocycles. The number of hydrogen-bond acceptors (Lipinski definition) is 2. The van der Waals surface area contributed by atoms with Gasteiger partial charge in [-0.1, -0.05) is 12.1 Å². The molecule has 2 aromatic carbocycles. The number of benzene rings is 2. The molecule has 0 saturated heterocycles. The molecule has 86 valence electrons. The summed E-state index contributed by atoms with van der Waals surface area (Å²) < 4.78 is 11.1. The number of rotatable bonds is 1. The molecule has 1 aliphatic rings. The minimum atomic E-state index is 0.879. The molecule has 0 atom stereocenters. The normalized spacial score (nSPS) is 12.4. The maximum absolute atomic E-state index is 5.90. The van der Waals surface area contributed by atoms with E-state index in [2.05, 4.69) is 13.0 Å². The minimum Gasteiger partial charge on any atom is -0.497 e. The molecule has 0 aromatic heterocycles. The summed E-state index contributed by atoms with van der Waals surface area (Å²) in [7, 11) is 1.69. The molecule has 0 radical (unpaired) electrons. The molecule has 0 saturated carbocycles. The minimum absolute atomic E-state index is 0.879. The Morgan fingerprint density at radius 3 is 2.82 bits per heavy atom. The lowest BCUT2D eigenvalue weighted by Crippen LogP contribution is -2.04. The highest BCUT2D eigenvalue weighted by Gasteiger charge is 2.18. The topological polar surface area (TPSA) is 18.5 Å². The van der Waals surface area contributed by atoms with Crippen LogP contribution in [-0.4, -0.2) is 7.11 Å². The summed E-state index contributed by atoms with van der Waals surface area (Å²) in [5, 5.41) is 0. The molecule has 0 aliphatic carbocycles. The lowest BCUT2D eigenvalue weighted by Gasteiger charge is -2.22. The first-order valence-corrected chi connectivity index (χ1v) is 5.71. The van der Waals surface area contributed by atoms with E-state index in [0.717, 1.165) is 23.7 Å². The number of hydrogen-bond donors (Lipinski definition) is 0. The SMILES string of the molecule is COc1ccc2c(c1)Cc1c(C)cccc1O2. The predicted octanol–water partition coefficient (Wildman–Crippen LogP) is 3.70. The second-order valence-electron chi connectivity index (χ2n) is 4.30. The van der Waals surface area contributed by atoms with E-state index in [1.165, 1.54) is 16.7 Å². The summed E-state index contributed by atoms with van der Waals surface area (Å²) in [4.78, 5) is 0. The van der Waals surface area contributed by atoms with Crippen LogP contribution in [0.2, 0.25) is 0 Å². The summed E-state index contributed by atoms with van der Waals surface area (Å²) in [6, 6.07) is 12.1. The quantitative estimate of drug-likeness (QED) is 0.630. The van der Waals surface area contributed by atoms with Gasteiger partial charge < -0.3 is 9.47 Å². The Morgan fingerprint density at radius 1 is 1.12 bits per heavy atom. The molecule has 2 nitrogen and oxygen atoms in total. The summed E-state index contributed by atoms with van der Waals surface area (Å²) in [5.41, 5.74) is 3.73. The van der Waals surface area contributed by atoms with Crippen LogP contribution < -0.4 is 9.47 Å². The van der Waals surface area contributed by atoms with Gasteiger partial charge in [0.1, 0.15) is 17.2 Å². The van der Waals surface area contributed by atoms with E-state index in [4.69, 9.17) is 9.47 Å². The molecule has 0 bridgehead atoms.